The molecule has 2 aromatic rings. The van der Waals surface area contributed by atoms with E-state index in [0.29, 0.717) is 0 Å². The number of ketones is 1. The number of hydrogen-bond donors (Lipinski definition) is 0. The molecule has 0 spiro atoms. The van der Waals surface area contributed by atoms with E-state index in [0.717, 1.165) is 27.3 Å². The maximum atomic E-state index is 11.9. The van der Waals surface area contributed by atoms with Gasteiger partial charge in [0.05, 0.1) is 8.66 Å². The van der Waals surface area contributed by atoms with Gasteiger partial charge < -0.3 is 4.74 Å². The summed E-state index contributed by atoms with van der Waals surface area (Å²) < 4.78 is 6.56. The SMILES string of the molecule is O=C(COc1ccc2c(c1)CCC2)c1ccc(Br)s1. The Morgan fingerprint density at radius 2 is 2.05 bits per heavy atom. The molecule has 0 N–H and O–H groups in total. The van der Waals surface area contributed by atoms with Crippen LogP contribution >= 0.6 is 27.3 Å². The van der Waals surface area contributed by atoms with Crippen LogP contribution in [-0.2, 0) is 12.8 Å². The average Bonchev–Trinajstić information content (AvgIpc) is 3.03. The van der Waals surface area contributed by atoms with Crippen molar-refractivity contribution in [2.75, 3.05) is 6.61 Å². The van der Waals surface area contributed by atoms with E-state index in [1.54, 1.807) is 0 Å². The number of ether oxygens (including phenoxy) is 1. The van der Waals surface area contributed by atoms with E-state index >= 15 is 0 Å². The molecule has 0 fully saturated rings. The van der Waals surface area contributed by atoms with Crippen molar-refractivity contribution in [3.63, 3.8) is 0 Å². The minimum absolute atomic E-state index is 0.0243. The second-order valence-electron chi connectivity index (χ2n) is 4.60. The predicted octanol–water partition coefficient (Wildman–Crippen LogP) is 4.26. The van der Waals surface area contributed by atoms with E-state index in [9.17, 15) is 4.79 Å². The number of Topliss-reactive ketones (excluding diaryl/α,β-unsaturated/α-hetero) is 1. The van der Waals surface area contributed by atoms with E-state index in [-0.39, 0.29) is 12.4 Å². The van der Waals surface area contributed by atoms with Crippen LogP contribution in [0, 0.1) is 0 Å². The largest absolute Gasteiger partial charge is 0.485 e. The summed E-state index contributed by atoms with van der Waals surface area (Å²) in [6, 6.07) is 9.85. The number of halogens is 1. The molecule has 0 atom stereocenters. The van der Waals surface area contributed by atoms with Crippen LogP contribution in [0.25, 0.3) is 0 Å². The van der Waals surface area contributed by atoms with Gasteiger partial charge in [0.15, 0.2) is 6.61 Å². The van der Waals surface area contributed by atoms with Crippen molar-refractivity contribution < 1.29 is 9.53 Å². The highest BCUT2D eigenvalue weighted by molar-refractivity contribution is 9.11. The van der Waals surface area contributed by atoms with Crippen LogP contribution in [0.4, 0.5) is 0 Å². The first-order chi connectivity index (χ1) is 9.22. The molecule has 0 unspecified atom stereocenters. The van der Waals surface area contributed by atoms with Gasteiger partial charge >= 0.3 is 0 Å². The summed E-state index contributed by atoms with van der Waals surface area (Å²) in [6.45, 7) is 0.103. The molecule has 0 radical (unpaired) electrons. The normalized spacial score (nSPS) is 13.3. The zero-order valence-electron chi connectivity index (χ0n) is 10.3. The highest BCUT2D eigenvalue weighted by Crippen LogP contribution is 2.26. The van der Waals surface area contributed by atoms with Crippen LogP contribution in [0.5, 0.6) is 5.75 Å². The lowest BCUT2D eigenvalue weighted by Crippen LogP contribution is -2.10. The first-order valence-corrected chi connectivity index (χ1v) is 7.86. The molecule has 2 nitrogen and oxygen atoms in total. The van der Waals surface area contributed by atoms with Gasteiger partial charge in [-0.25, -0.2) is 0 Å². The topological polar surface area (TPSA) is 26.3 Å². The number of carbonyl (C=O) groups is 1. The van der Waals surface area contributed by atoms with Crippen molar-refractivity contribution >= 4 is 33.0 Å². The van der Waals surface area contributed by atoms with Crippen LogP contribution in [0.1, 0.15) is 27.2 Å². The molecule has 1 aromatic carbocycles. The van der Waals surface area contributed by atoms with Crippen molar-refractivity contribution in [1.82, 2.24) is 0 Å². The fraction of sp³-hybridized carbons (Fsp3) is 0.267. The molecule has 0 bridgehead atoms. The van der Waals surface area contributed by atoms with Crippen molar-refractivity contribution in [1.29, 1.82) is 0 Å². The Morgan fingerprint density at radius 1 is 1.21 bits per heavy atom. The molecule has 1 aromatic heterocycles. The van der Waals surface area contributed by atoms with E-state index in [1.807, 2.05) is 18.2 Å². The molecular weight excluding hydrogens is 324 g/mol. The van der Waals surface area contributed by atoms with Gasteiger partial charge in [-0.15, -0.1) is 11.3 Å². The third-order valence-corrected chi connectivity index (χ3v) is 4.95. The lowest BCUT2D eigenvalue weighted by atomic mass is 10.1. The minimum atomic E-state index is 0.0243. The zero-order valence-corrected chi connectivity index (χ0v) is 12.7. The Labute approximate surface area is 124 Å². The van der Waals surface area contributed by atoms with Crippen molar-refractivity contribution in [2.45, 2.75) is 19.3 Å². The quantitative estimate of drug-likeness (QED) is 0.779. The van der Waals surface area contributed by atoms with E-state index in [2.05, 4.69) is 28.1 Å². The number of carbonyl (C=O) groups excluding carboxylic acids is 1. The van der Waals surface area contributed by atoms with E-state index < -0.39 is 0 Å². The van der Waals surface area contributed by atoms with Gasteiger partial charge in [0, 0.05) is 0 Å². The van der Waals surface area contributed by atoms with Crippen LogP contribution in [0.3, 0.4) is 0 Å². The molecule has 1 heterocycles. The average molecular weight is 337 g/mol. The number of rotatable bonds is 4. The Morgan fingerprint density at radius 3 is 2.84 bits per heavy atom. The molecule has 19 heavy (non-hydrogen) atoms. The molecule has 1 aliphatic rings. The van der Waals surface area contributed by atoms with Gasteiger partial charge in [0.1, 0.15) is 5.75 Å². The van der Waals surface area contributed by atoms with E-state index in [1.165, 1.54) is 28.9 Å². The maximum absolute atomic E-state index is 11.9. The molecule has 1 aliphatic carbocycles. The van der Waals surface area contributed by atoms with Gasteiger partial charge in [-0.1, -0.05) is 6.07 Å². The summed E-state index contributed by atoms with van der Waals surface area (Å²) in [5.74, 6) is 0.820. The highest BCUT2D eigenvalue weighted by Gasteiger charge is 2.13. The molecule has 0 saturated carbocycles. The monoisotopic (exact) mass is 336 g/mol. The fourth-order valence-electron chi connectivity index (χ4n) is 2.32. The Balaban J connectivity index is 1.64. The van der Waals surface area contributed by atoms with Gasteiger partial charge in [-0.05, 0) is 70.6 Å². The Hall–Kier alpha value is -1.13. The third-order valence-electron chi connectivity index (χ3n) is 3.29. The minimum Gasteiger partial charge on any atom is -0.485 e. The predicted molar refractivity (Wildman–Crippen MR) is 80.3 cm³/mol. The number of aryl methyl sites for hydroxylation is 2. The first kappa shape index (κ1) is 12.9. The van der Waals surface area contributed by atoms with Crippen LogP contribution < -0.4 is 4.74 Å². The molecule has 4 heteroatoms. The van der Waals surface area contributed by atoms with Gasteiger partial charge in [0.2, 0.25) is 5.78 Å². The number of benzene rings is 1. The summed E-state index contributed by atoms with van der Waals surface area (Å²) in [4.78, 5) is 12.7. The molecule has 0 amide bonds. The number of hydrogen-bond acceptors (Lipinski definition) is 3. The summed E-state index contributed by atoms with van der Waals surface area (Å²) in [7, 11) is 0. The van der Waals surface area contributed by atoms with Crippen molar-refractivity contribution in [3.8, 4) is 5.75 Å². The van der Waals surface area contributed by atoms with Crippen LogP contribution in [-0.4, -0.2) is 12.4 Å². The standard InChI is InChI=1S/C15H13BrO2S/c16-15-7-6-14(19-15)13(17)9-18-12-5-4-10-2-1-3-11(10)8-12/h4-8H,1-3,9H2. The first-order valence-electron chi connectivity index (χ1n) is 6.25. The smallest absolute Gasteiger partial charge is 0.210 e. The second kappa shape index (κ2) is 5.47. The van der Waals surface area contributed by atoms with Gasteiger partial charge in [-0.2, -0.15) is 0 Å². The Bertz CT molecular complexity index is 618. The third kappa shape index (κ3) is 2.90. The molecule has 3 rings (SSSR count). The molecule has 0 saturated heterocycles. The summed E-state index contributed by atoms with van der Waals surface area (Å²) in [5.41, 5.74) is 2.78. The van der Waals surface area contributed by atoms with Crippen LogP contribution in [0.2, 0.25) is 0 Å². The number of fused-ring (bicyclic) bond motifs is 1. The second-order valence-corrected chi connectivity index (χ2v) is 7.06. The van der Waals surface area contributed by atoms with Crippen LogP contribution in [0.15, 0.2) is 34.1 Å². The summed E-state index contributed by atoms with van der Waals surface area (Å²) >= 11 is 4.79. The van der Waals surface area contributed by atoms with Gasteiger partial charge in [-0.3, -0.25) is 4.79 Å². The van der Waals surface area contributed by atoms with E-state index in [4.69, 9.17) is 4.74 Å². The fourth-order valence-corrected chi connectivity index (χ4v) is 3.63. The molecule has 0 aliphatic heterocycles. The van der Waals surface area contributed by atoms with Crippen molar-refractivity contribution in [2.24, 2.45) is 0 Å². The lowest BCUT2D eigenvalue weighted by molar-refractivity contribution is 0.0925. The number of thiophene rings is 1. The maximum Gasteiger partial charge on any atom is 0.210 e. The summed E-state index contributed by atoms with van der Waals surface area (Å²) in [6.07, 6.45) is 3.51. The van der Waals surface area contributed by atoms with Crippen molar-refractivity contribution in [3.05, 3.63) is 50.1 Å². The van der Waals surface area contributed by atoms with Gasteiger partial charge in [0.25, 0.3) is 0 Å². The summed E-state index contributed by atoms with van der Waals surface area (Å²) in [5, 5.41) is 0. The highest BCUT2D eigenvalue weighted by atomic mass is 79.9. The zero-order chi connectivity index (χ0) is 13.2. The Kier molecular flexibility index (Phi) is 3.71. The molecular formula is C15H13BrO2S. The lowest BCUT2D eigenvalue weighted by Gasteiger charge is -2.06. The molecule has 98 valence electrons.